The number of nitrogens with zero attached hydrogens (tertiary/aromatic N) is 3. The normalized spacial score (nSPS) is 27.6. The summed E-state index contributed by atoms with van der Waals surface area (Å²) in [6, 6.07) is 13.5. The molecule has 4 heterocycles. The molecule has 1 saturated carbocycles. The number of amides is 1. The molecule has 2 bridgehead atoms. The van der Waals surface area contributed by atoms with Crippen LogP contribution >= 0.6 is 11.6 Å². The second-order valence-corrected chi connectivity index (χ2v) is 10.9. The van der Waals surface area contributed by atoms with Crippen LogP contribution in [0.1, 0.15) is 56.9 Å². The van der Waals surface area contributed by atoms with Crippen LogP contribution in [-0.4, -0.2) is 58.8 Å². The van der Waals surface area contributed by atoms with Gasteiger partial charge >= 0.3 is 5.97 Å². The summed E-state index contributed by atoms with van der Waals surface area (Å²) in [6.45, 7) is 2.90. The van der Waals surface area contributed by atoms with E-state index in [1.807, 2.05) is 18.2 Å². The van der Waals surface area contributed by atoms with E-state index >= 15 is 0 Å². The molecule has 4 fully saturated rings. The highest BCUT2D eigenvalue weighted by molar-refractivity contribution is 6.29. The van der Waals surface area contributed by atoms with E-state index in [9.17, 15) is 9.59 Å². The largest absolute Gasteiger partial charge is 0.455 e. The number of nitrogens with one attached hydrogen (secondary N) is 1. The standard InChI is InChI=1S/C27H33ClN4O3/c28-23-10-11-24(31-30-23)29-25(33)19-32-16-12-20(13-17-32)22(18-32)35-26(34)27(14-6-1-2-7-15-27)21-8-4-3-5-9-21/h3-5,8-11,20,22H,1-2,6-7,12-19H2/p+1/t20?,22-,32?/m0/s1. The predicted octanol–water partition coefficient (Wildman–Crippen LogP) is 4.51. The average Bonchev–Trinajstić information content (AvgIpc) is 3.14. The van der Waals surface area contributed by atoms with Gasteiger partial charge in [-0.3, -0.25) is 9.59 Å². The Morgan fingerprint density at radius 3 is 2.37 bits per heavy atom. The lowest BCUT2D eigenvalue weighted by Crippen LogP contribution is -2.66. The molecule has 1 aromatic carbocycles. The summed E-state index contributed by atoms with van der Waals surface area (Å²) in [6.07, 6.45) is 7.93. The van der Waals surface area contributed by atoms with Gasteiger partial charge in [0.25, 0.3) is 5.91 Å². The number of ether oxygens (including phenoxy) is 1. The fourth-order valence-corrected chi connectivity index (χ4v) is 6.50. The summed E-state index contributed by atoms with van der Waals surface area (Å²) >= 11 is 5.79. The first-order valence-corrected chi connectivity index (χ1v) is 13.3. The summed E-state index contributed by atoms with van der Waals surface area (Å²) in [5.41, 5.74) is 0.528. The molecule has 1 atom stereocenters. The van der Waals surface area contributed by atoms with Gasteiger partial charge in [-0.1, -0.05) is 67.6 Å². The maximum absolute atomic E-state index is 13.9. The molecular formula is C27H34ClN4O3+. The first-order chi connectivity index (χ1) is 17.0. The maximum Gasteiger partial charge on any atom is 0.317 e. The number of aromatic nitrogens is 2. The quantitative estimate of drug-likeness (QED) is 0.360. The minimum Gasteiger partial charge on any atom is -0.455 e. The molecule has 3 saturated heterocycles. The van der Waals surface area contributed by atoms with Gasteiger partial charge in [-0.2, -0.15) is 0 Å². The number of hydrogen-bond acceptors (Lipinski definition) is 5. The van der Waals surface area contributed by atoms with E-state index in [1.54, 1.807) is 12.1 Å². The number of fused-ring (bicyclic) bond motifs is 3. The van der Waals surface area contributed by atoms with Crippen molar-refractivity contribution in [1.29, 1.82) is 0 Å². The lowest BCUT2D eigenvalue weighted by atomic mass is 9.74. The van der Waals surface area contributed by atoms with E-state index in [1.165, 1.54) is 12.8 Å². The third-order valence-electron chi connectivity index (χ3n) is 8.35. The van der Waals surface area contributed by atoms with Gasteiger partial charge in [0.15, 0.2) is 23.6 Å². The smallest absolute Gasteiger partial charge is 0.317 e. The summed E-state index contributed by atoms with van der Waals surface area (Å²) in [5.74, 6) is 0.605. The predicted molar refractivity (Wildman–Crippen MR) is 134 cm³/mol. The van der Waals surface area contributed by atoms with Crippen molar-refractivity contribution < 1.29 is 18.8 Å². The molecule has 1 aliphatic carbocycles. The van der Waals surface area contributed by atoms with E-state index in [-0.39, 0.29) is 23.1 Å². The summed E-state index contributed by atoms with van der Waals surface area (Å²) < 4.78 is 7.05. The minimum absolute atomic E-state index is 0.0663. The van der Waals surface area contributed by atoms with Crippen molar-refractivity contribution in [3.8, 4) is 0 Å². The molecule has 186 valence electrons. The van der Waals surface area contributed by atoms with Crippen LogP contribution in [-0.2, 0) is 19.7 Å². The van der Waals surface area contributed by atoms with Crippen LogP contribution in [0.4, 0.5) is 5.82 Å². The fourth-order valence-electron chi connectivity index (χ4n) is 6.40. The molecule has 6 rings (SSSR count). The average molecular weight is 498 g/mol. The van der Waals surface area contributed by atoms with Gasteiger partial charge in [-0.25, -0.2) is 0 Å². The summed E-state index contributed by atoms with van der Waals surface area (Å²) in [4.78, 5) is 26.7. The van der Waals surface area contributed by atoms with Crippen molar-refractivity contribution in [3.05, 3.63) is 53.2 Å². The zero-order valence-electron chi connectivity index (χ0n) is 20.1. The zero-order valence-corrected chi connectivity index (χ0v) is 20.9. The Morgan fingerprint density at radius 2 is 1.71 bits per heavy atom. The Balaban J connectivity index is 1.29. The topological polar surface area (TPSA) is 81.2 Å². The van der Waals surface area contributed by atoms with Crippen LogP contribution in [0.2, 0.25) is 5.15 Å². The number of quaternary nitrogens is 1. The van der Waals surface area contributed by atoms with Crippen LogP contribution in [0.5, 0.6) is 0 Å². The Morgan fingerprint density at radius 1 is 1.00 bits per heavy atom. The van der Waals surface area contributed by atoms with Crippen LogP contribution in [0.25, 0.3) is 0 Å². The summed E-state index contributed by atoms with van der Waals surface area (Å²) in [7, 11) is 0. The van der Waals surface area contributed by atoms with Crippen molar-refractivity contribution in [2.75, 3.05) is 31.5 Å². The molecule has 3 aliphatic heterocycles. The van der Waals surface area contributed by atoms with E-state index < -0.39 is 5.41 Å². The molecule has 4 aliphatic rings. The Kier molecular flexibility index (Phi) is 7.07. The number of halogens is 1. The van der Waals surface area contributed by atoms with Crippen LogP contribution in [0, 0.1) is 5.92 Å². The molecule has 1 aromatic heterocycles. The third kappa shape index (κ3) is 5.21. The third-order valence-corrected chi connectivity index (χ3v) is 8.55. The molecule has 2 aromatic rings. The number of anilines is 1. The number of esters is 1. The van der Waals surface area contributed by atoms with Crippen molar-refractivity contribution in [2.24, 2.45) is 5.92 Å². The van der Waals surface area contributed by atoms with Crippen molar-refractivity contribution in [1.82, 2.24) is 10.2 Å². The van der Waals surface area contributed by atoms with E-state index in [0.29, 0.717) is 29.3 Å². The van der Waals surface area contributed by atoms with E-state index in [2.05, 4.69) is 27.6 Å². The van der Waals surface area contributed by atoms with Crippen molar-refractivity contribution in [3.63, 3.8) is 0 Å². The molecule has 0 radical (unpaired) electrons. The molecule has 7 nitrogen and oxygen atoms in total. The molecule has 35 heavy (non-hydrogen) atoms. The van der Waals surface area contributed by atoms with Gasteiger partial charge in [-0.15, -0.1) is 10.2 Å². The monoisotopic (exact) mass is 497 g/mol. The van der Waals surface area contributed by atoms with Crippen molar-refractivity contribution >= 4 is 29.3 Å². The number of hydrogen-bond donors (Lipinski definition) is 1. The van der Waals surface area contributed by atoms with Crippen LogP contribution in [0.15, 0.2) is 42.5 Å². The SMILES string of the molecule is O=C(C[N+]12CCC(CC1)[C@@H](OC(=O)C1(c3ccccc3)CCCCCC1)C2)Nc1ccc(Cl)nn1. The van der Waals surface area contributed by atoms with Crippen molar-refractivity contribution in [2.45, 2.75) is 62.9 Å². The molecule has 0 spiro atoms. The number of piperidine rings is 3. The second kappa shape index (κ2) is 10.2. The molecule has 0 unspecified atom stereocenters. The van der Waals surface area contributed by atoms with E-state index in [4.69, 9.17) is 16.3 Å². The van der Waals surface area contributed by atoms with Crippen LogP contribution < -0.4 is 5.32 Å². The highest BCUT2D eigenvalue weighted by Crippen LogP contribution is 2.42. The second-order valence-electron chi connectivity index (χ2n) is 10.6. The van der Waals surface area contributed by atoms with Gasteiger partial charge in [0.1, 0.15) is 6.54 Å². The van der Waals surface area contributed by atoms with Crippen LogP contribution in [0.3, 0.4) is 0 Å². The Bertz CT molecular complexity index is 1030. The van der Waals surface area contributed by atoms with Gasteiger partial charge in [0.05, 0.1) is 18.5 Å². The summed E-state index contributed by atoms with van der Waals surface area (Å²) in [5, 5.41) is 10.8. The molecule has 1 N–H and O–H groups in total. The Hall–Kier alpha value is -2.51. The lowest BCUT2D eigenvalue weighted by Gasteiger charge is -2.52. The Labute approximate surface area is 211 Å². The number of rotatable bonds is 6. The van der Waals surface area contributed by atoms with Gasteiger partial charge in [0.2, 0.25) is 0 Å². The highest BCUT2D eigenvalue weighted by Gasteiger charge is 2.51. The fraction of sp³-hybridized carbons (Fsp3) is 0.556. The minimum atomic E-state index is -0.556. The number of carbonyl (C=O) groups excluding carboxylic acids is 2. The van der Waals surface area contributed by atoms with Gasteiger partial charge in [-0.05, 0) is 30.5 Å². The molecular weight excluding hydrogens is 464 g/mol. The van der Waals surface area contributed by atoms with Gasteiger partial charge in [0, 0.05) is 18.8 Å². The maximum atomic E-state index is 13.9. The first-order valence-electron chi connectivity index (χ1n) is 12.9. The first kappa shape index (κ1) is 24.2. The molecule has 1 amide bonds. The number of carbonyl (C=O) groups is 2. The number of benzene rings is 1. The van der Waals surface area contributed by atoms with E-state index in [0.717, 1.165) is 57.2 Å². The van der Waals surface area contributed by atoms with Gasteiger partial charge < -0.3 is 14.5 Å². The zero-order chi connectivity index (χ0) is 24.3. The molecule has 8 heteroatoms. The lowest BCUT2D eigenvalue weighted by molar-refractivity contribution is -0.939. The highest BCUT2D eigenvalue weighted by atomic mass is 35.5.